The Morgan fingerprint density at radius 1 is 1.06 bits per heavy atom. The summed E-state index contributed by atoms with van der Waals surface area (Å²) in [6.07, 6.45) is 4.00. The molecule has 1 atom stereocenters. The number of aromatic carboxylic acids is 1. The van der Waals surface area contributed by atoms with Crippen molar-refractivity contribution >= 4 is 11.9 Å². The fraction of sp³-hybridized carbons (Fsp3) is 0.440. The third kappa shape index (κ3) is 4.75. The number of fused-ring (bicyclic) bond motifs is 1. The van der Waals surface area contributed by atoms with E-state index in [0.29, 0.717) is 12.8 Å². The van der Waals surface area contributed by atoms with E-state index in [0.717, 1.165) is 25.3 Å². The van der Waals surface area contributed by atoms with Gasteiger partial charge >= 0.3 is 11.9 Å². The maximum Gasteiger partial charge on any atom is 0.345 e. The molecule has 0 fully saturated rings. The first-order chi connectivity index (χ1) is 16.2. The first-order valence-corrected chi connectivity index (χ1v) is 11.3. The van der Waals surface area contributed by atoms with Crippen LogP contribution >= 0.6 is 0 Å². The summed E-state index contributed by atoms with van der Waals surface area (Å²) >= 11 is 0. The Morgan fingerprint density at radius 2 is 1.76 bits per heavy atom. The average Bonchev–Trinajstić information content (AvgIpc) is 3.04. The molecule has 1 aliphatic rings. The van der Waals surface area contributed by atoms with Crippen molar-refractivity contribution in [2.24, 2.45) is 0 Å². The highest BCUT2D eigenvalue weighted by molar-refractivity contribution is 5.98. The van der Waals surface area contributed by atoms with E-state index in [-0.39, 0.29) is 52.3 Å². The molecule has 1 aliphatic heterocycles. The molecule has 184 valence electrons. The molecule has 34 heavy (non-hydrogen) atoms. The van der Waals surface area contributed by atoms with Gasteiger partial charge in [0.25, 0.3) is 0 Å². The first-order valence-electron chi connectivity index (χ1n) is 11.3. The third-order valence-corrected chi connectivity index (χ3v) is 5.86. The van der Waals surface area contributed by atoms with Gasteiger partial charge < -0.3 is 34.6 Å². The minimum absolute atomic E-state index is 0.0386. The molecule has 0 unspecified atom stereocenters. The van der Waals surface area contributed by atoms with Gasteiger partial charge in [-0.05, 0) is 25.3 Å². The number of hydrogen-bond acceptors (Lipinski definition) is 8. The molecule has 0 amide bonds. The molecular weight excluding hydrogens is 444 g/mol. The van der Waals surface area contributed by atoms with Gasteiger partial charge in [0.05, 0.1) is 7.11 Å². The monoisotopic (exact) mass is 474 g/mol. The Morgan fingerprint density at radius 3 is 2.38 bits per heavy atom. The summed E-state index contributed by atoms with van der Waals surface area (Å²) in [5, 5.41) is 41.5. The maximum atomic E-state index is 12.8. The van der Waals surface area contributed by atoms with E-state index in [2.05, 4.69) is 0 Å². The number of carbonyl (C=O) groups excluding carboxylic acids is 1. The van der Waals surface area contributed by atoms with E-state index in [1.165, 1.54) is 19.2 Å². The second-order valence-electron chi connectivity index (χ2n) is 8.29. The van der Waals surface area contributed by atoms with Crippen LogP contribution in [0.5, 0.6) is 28.7 Å². The fourth-order valence-corrected chi connectivity index (χ4v) is 4.11. The van der Waals surface area contributed by atoms with Crippen LogP contribution in [0.1, 0.15) is 84.2 Å². The predicted molar refractivity (Wildman–Crippen MR) is 122 cm³/mol. The number of phenolic OH excluding ortho intramolecular Hbond substituents is 1. The normalized spacial score (nSPS) is 16.8. The van der Waals surface area contributed by atoms with E-state index >= 15 is 0 Å². The van der Waals surface area contributed by atoms with Crippen molar-refractivity contribution in [3.63, 3.8) is 0 Å². The Kier molecular flexibility index (Phi) is 7.56. The number of aliphatic hydroxyl groups is 1. The minimum atomic E-state index is -1.86. The first kappa shape index (κ1) is 25.2. The number of hydrogen-bond donors (Lipinski definition) is 4. The van der Waals surface area contributed by atoms with Crippen molar-refractivity contribution in [1.82, 2.24) is 0 Å². The van der Waals surface area contributed by atoms with E-state index in [9.17, 15) is 30.0 Å². The smallest absolute Gasteiger partial charge is 0.345 e. The Balaban J connectivity index is 2.17. The van der Waals surface area contributed by atoms with Crippen LogP contribution in [0.15, 0.2) is 18.2 Å². The van der Waals surface area contributed by atoms with Crippen molar-refractivity contribution in [3.8, 4) is 28.7 Å². The molecule has 0 saturated heterocycles. The van der Waals surface area contributed by atoms with Crippen LogP contribution in [0.25, 0.3) is 0 Å². The zero-order valence-corrected chi connectivity index (χ0v) is 19.5. The molecule has 0 aliphatic carbocycles. The number of phenols is 2. The number of benzene rings is 2. The van der Waals surface area contributed by atoms with Crippen LogP contribution in [-0.4, -0.2) is 39.5 Å². The highest BCUT2D eigenvalue weighted by atomic mass is 16.7. The number of carboxylic acid groups (broad SMARTS) is 1. The van der Waals surface area contributed by atoms with Gasteiger partial charge in [-0.2, -0.15) is 0 Å². The molecule has 0 bridgehead atoms. The molecule has 4 N–H and O–H groups in total. The molecule has 1 heterocycles. The number of cyclic esters (lactones) is 1. The minimum Gasteiger partial charge on any atom is -0.507 e. The highest BCUT2D eigenvalue weighted by Gasteiger charge is 2.46. The van der Waals surface area contributed by atoms with E-state index in [1.54, 1.807) is 0 Å². The van der Waals surface area contributed by atoms with Crippen LogP contribution in [0, 0.1) is 0 Å². The summed E-state index contributed by atoms with van der Waals surface area (Å²) in [4.78, 5) is 24.7. The summed E-state index contributed by atoms with van der Waals surface area (Å²) in [6, 6.07) is 3.77. The number of ether oxygens (including phenoxy) is 3. The summed E-state index contributed by atoms with van der Waals surface area (Å²) in [5.74, 6) is -5.12. The second-order valence-corrected chi connectivity index (χ2v) is 8.29. The van der Waals surface area contributed by atoms with Gasteiger partial charge in [0.2, 0.25) is 5.79 Å². The molecule has 2 aromatic rings. The van der Waals surface area contributed by atoms with Crippen LogP contribution in [0.4, 0.5) is 0 Å². The van der Waals surface area contributed by atoms with E-state index in [1.807, 2.05) is 13.8 Å². The van der Waals surface area contributed by atoms with Gasteiger partial charge in [-0.3, -0.25) is 0 Å². The molecule has 0 radical (unpaired) electrons. The summed E-state index contributed by atoms with van der Waals surface area (Å²) in [6.45, 7) is 3.93. The number of unbranched alkanes of at least 4 members (excludes halogenated alkanes) is 3. The SMILES string of the molecule is CCCCCc1c(Oc2cc(OC)cc3c2C(=O)O[C@@]3(O)CCCC)c(O)cc(O)c1C(=O)O. The molecule has 0 saturated carbocycles. The quantitative estimate of drug-likeness (QED) is 0.266. The van der Waals surface area contributed by atoms with Crippen molar-refractivity contribution < 1.29 is 44.2 Å². The number of carboxylic acids is 1. The van der Waals surface area contributed by atoms with Gasteiger partial charge in [-0.1, -0.05) is 33.1 Å². The highest BCUT2D eigenvalue weighted by Crippen LogP contribution is 2.48. The Hall–Kier alpha value is -3.46. The van der Waals surface area contributed by atoms with Crippen LogP contribution < -0.4 is 9.47 Å². The van der Waals surface area contributed by atoms with Gasteiger partial charge in [0.15, 0.2) is 11.5 Å². The summed E-state index contributed by atoms with van der Waals surface area (Å²) < 4.78 is 16.6. The average molecular weight is 475 g/mol. The molecule has 0 spiro atoms. The number of aromatic hydroxyl groups is 2. The molecular formula is C25H30O9. The predicted octanol–water partition coefficient (Wildman–Crippen LogP) is 4.84. The molecule has 2 aromatic carbocycles. The van der Waals surface area contributed by atoms with Crippen molar-refractivity contribution in [2.45, 2.75) is 64.6 Å². The Bertz CT molecular complexity index is 1090. The van der Waals surface area contributed by atoms with Gasteiger partial charge in [0, 0.05) is 29.7 Å². The zero-order chi connectivity index (χ0) is 25.0. The van der Waals surface area contributed by atoms with E-state index in [4.69, 9.17) is 14.2 Å². The lowest BCUT2D eigenvalue weighted by Gasteiger charge is -2.22. The number of methoxy groups -OCH3 is 1. The van der Waals surface area contributed by atoms with E-state index < -0.39 is 29.2 Å². The lowest BCUT2D eigenvalue weighted by atomic mass is 9.96. The van der Waals surface area contributed by atoms with Crippen molar-refractivity contribution in [1.29, 1.82) is 0 Å². The van der Waals surface area contributed by atoms with Crippen molar-refractivity contribution in [3.05, 3.63) is 40.5 Å². The molecule has 9 nitrogen and oxygen atoms in total. The summed E-state index contributed by atoms with van der Waals surface area (Å²) in [5.41, 5.74) is -0.152. The van der Waals surface area contributed by atoms with Crippen molar-refractivity contribution in [2.75, 3.05) is 7.11 Å². The number of rotatable bonds is 11. The van der Waals surface area contributed by atoms with Crippen LogP contribution in [0.2, 0.25) is 0 Å². The fourth-order valence-electron chi connectivity index (χ4n) is 4.11. The van der Waals surface area contributed by atoms with Gasteiger partial charge in [-0.15, -0.1) is 0 Å². The standard InChI is InChI=1S/C25H30O9/c1-4-6-8-9-15-20(23(28)29)17(26)13-18(27)22(15)33-19-12-14(32-3)11-16-21(19)24(30)34-25(16,31)10-7-5-2/h11-13,26-27,31H,4-10H2,1-3H3,(H,28,29)/t25-/m0/s1. The number of esters is 1. The van der Waals surface area contributed by atoms with Gasteiger partial charge in [-0.25, -0.2) is 9.59 Å². The Labute approximate surface area is 197 Å². The molecule has 0 aromatic heterocycles. The lowest BCUT2D eigenvalue weighted by molar-refractivity contribution is -0.168. The summed E-state index contributed by atoms with van der Waals surface area (Å²) in [7, 11) is 1.41. The molecule has 3 rings (SSSR count). The van der Waals surface area contributed by atoms with Crippen LogP contribution in [-0.2, 0) is 16.9 Å². The largest absolute Gasteiger partial charge is 0.507 e. The molecule has 9 heteroatoms. The van der Waals surface area contributed by atoms with Gasteiger partial charge in [0.1, 0.15) is 28.4 Å². The third-order valence-electron chi connectivity index (χ3n) is 5.86. The topological polar surface area (TPSA) is 143 Å². The number of carbonyl (C=O) groups is 2. The second kappa shape index (κ2) is 10.2. The maximum absolute atomic E-state index is 12.8. The van der Waals surface area contributed by atoms with Crippen LogP contribution in [0.3, 0.4) is 0 Å². The lowest BCUT2D eigenvalue weighted by Crippen LogP contribution is -2.25. The zero-order valence-electron chi connectivity index (χ0n) is 19.5.